The highest BCUT2D eigenvalue weighted by Gasteiger charge is 2.09. The van der Waals surface area contributed by atoms with Crippen molar-refractivity contribution in [2.45, 2.75) is 20.6 Å². The Labute approximate surface area is 138 Å². The number of hydrogen-bond acceptors (Lipinski definition) is 5. The van der Waals surface area contributed by atoms with E-state index in [9.17, 15) is 0 Å². The van der Waals surface area contributed by atoms with E-state index in [4.69, 9.17) is 5.73 Å². The lowest BCUT2D eigenvalue weighted by atomic mass is 10.4. The van der Waals surface area contributed by atoms with Crippen LogP contribution in [0.2, 0.25) is 0 Å². The molecule has 1 heterocycles. The second-order valence-electron chi connectivity index (χ2n) is 4.58. The maximum Gasteiger partial charge on any atom is 0.221 e. The quantitative estimate of drug-likeness (QED) is 0.553. The Morgan fingerprint density at radius 3 is 2.18 bits per heavy atom. The number of thioether (sulfide) groups is 1. The first-order valence-corrected chi connectivity index (χ1v) is 8.63. The van der Waals surface area contributed by atoms with Gasteiger partial charge in [-0.25, -0.2) is 9.97 Å². The molecule has 0 atom stereocenters. The molecule has 2 N–H and O–H groups in total. The van der Waals surface area contributed by atoms with Gasteiger partial charge in [0.2, 0.25) is 5.95 Å². The summed E-state index contributed by atoms with van der Waals surface area (Å²) in [5.41, 5.74) is 6.84. The summed E-state index contributed by atoms with van der Waals surface area (Å²) in [5.74, 6) is 1.13. The van der Waals surface area contributed by atoms with E-state index in [0.29, 0.717) is 5.95 Å². The fraction of sp³-hybridized carbons (Fsp3) is 0.0588. The molecule has 0 bridgehead atoms. The van der Waals surface area contributed by atoms with Gasteiger partial charge in [-0.3, -0.25) is 0 Å². The molecule has 0 aliphatic heterocycles. The Hall–Kier alpha value is -1.98. The number of rotatable bonds is 5. The van der Waals surface area contributed by atoms with Gasteiger partial charge < -0.3 is 5.73 Å². The molecule has 3 rings (SSSR count). The SMILES string of the molecule is Nc1ncc(CSc2ccccc2)c(Sc2ccccc2)n1. The van der Waals surface area contributed by atoms with E-state index in [0.717, 1.165) is 21.2 Å². The fourth-order valence-corrected chi connectivity index (χ4v) is 3.76. The van der Waals surface area contributed by atoms with E-state index < -0.39 is 0 Å². The Balaban J connectivity index is 1.78. The number of aromatic nitrogens is 2. The third kappa shape index (κ3) is 4.02. The lowest BCUT2D eigenvalue weighted by Gasteiger charge is -2.08. The molecule has 0 radical (unpaired) electrons. The predicted octanol–water partition coefficient (Wildman–Crippen LogP) is 4.50. The Morgan fingerprint density at radius 1 is 0.864 bits per heavy atom. The van der Waals surface area contributed by atoms with Crippen LogP contribution >= 0.6 is 23.5 Å². The summed E-state index contributed by atoms with van der Waals surface area (Å²) in [7, 11) is 0. The molecule has 3 aromatic rings. The number of hydrogen-bond donors (Lipinski definition) is 1. The van der Waals surface area contributed by atoms with Crippen molar-refractivity contribution in [1.82, 2.24) is 9.97 Å². The lowest BCUT2D eigenvalue weighted by molar-refractivity contribution is 1.01. The highest BCUT2D eigenvalue weighted by atomic mass is 32.2. The summed E-state index contributed by atoms with van der Waals surface area (Å²) in [4.78, 5) is 10.9. The van der Waals surface area contributed by atoms with Crippen molar-refractivity contribution in [3.8, 4) is 0 Å². The zero-order chi connectivity index (χ0) is 15.2. The highest BCUT2D eigenvalue weighted by molar-refractivity contribution is 7.99. The molecule has 0 amide bonds. The topological polar surface area (TPSA) is 51.8 Å². The van der Waals surface area contributed by atoms with Gasteiger partial charge in [-0.1, -0.05) is 48.2 Å². The minimum atomic E-state index is 0.312. The normalized spacial score (nSPS) is 10.5. The maximum atomic E-state index is 5.75. The fourth-order valence-electron chi connectivity index (χ4n) is 1.87. The molecule has 0 fully saturated rings. The first-order chi connectivity index (χ1) is 10.8. The van der Waals surface area contributed by atoms with Crippen molar-refractivity contribution in [3.63, 3.8) is 0 Å². The molecule has 2 aromatic carbocycles. The molecule has 110 valence electrons. The van der Waals surface area contributed by atoms with Gasteiger partial charge in [0.15, 0.2) is 0 Å². The zero-order valence-electron chi connectivity index (χ0n) is 11.8. The molecule has 3 nitrogen and oxygen atoms in total. The van der Waals surface area contributed by atoms with Crippen molar-refractivity contribution in [2.75, 3.05) is 5.73 Å². The summed E-state index contributed by atoms with van der Waals surface area (Å²) in [5, 5.41) is 0.919. The van der Waals surface area contributed by atoms with Crippen LogP contribution in [0.5, 0.6) is 0 Å². The maximum absolute atomic E-state index is 5.75. The van der Waals surface area contributed by atoms with Crippen LogP contribution in [0.15, 0.2) is 81.7 Å². The Kier molecular flexibility index (Phi) is 4.98. The second-order valence-corrected chi connectivity index (χ2v) is 6.69. The molecular formula is C17H15N3S2. The van der Waals surface area contributed by atoms with Gasteiger partial charge >= 0.3 is 0 Å². The molecule has 0 unspecified atom stereocenters. The summed E-state index contributed by atoms with van der Waals surface area (Å²) in [6.07, 6.45) is 1.82. The van der Waals surface area contributed by atoms with Crippen LogP contribution in [0.1, 0.15) is 5.56 Å². The van der Waals surface area contributed by atoms with Crippen LogP contribution in [-0.4, -0.2) is 9.97 Å². The van der Waals surface area contributed by atoms with Gasteiger partial charge in [-0.2, -0.15) is 0 Å². The van der Waals surface area contributed by atoms with Crippen LogP contribution in [0.3, 0.4) is 0 Å². The van der Waals surface area contributed by atoms with Crippen LogP contribution in [0.25, 0.3) is 0 Å². The third-order valence-electron chi connectivity index (χ3n) is 2.94. The zero-order valence-corrected chi connectivity index (χ0v) is 13.5. The molecule has 0 saturated heterocycles. The van der Waals surface area contributed by atoms with E-state index in [2.05, 4.69) is 34.2 Å². The lowest BCUT2D eigenvalue weighted by Crippen LogP contribution is -1.99. The number of nitrogens with zero attached hydrogens (tertiary/aromatic N) is 2. The molecule has 22 heavy (non-hydrogen) atoms. The molecule has 1 aromatic heterocycles. The molecule has 0 spiro atoms. The van der Waals surface area contributed by atoms with Crippen molar-refractivity contribution >= 4 is 29.5 Å². The molecular weight excluding hydrogens is 310 g/mol. The highest BCUT2D eigenvalue weighted by Crippen LogP contribution is 2.32. The summed E-state index contributed by atoms with van der Waals surface area (Å²) >= 11 is 3.39. The average molecular weight is 325 g/mol. The Bertz CT molecular complexity index is 733. The molecule has 0 saturated carbocycles. The van der Waals surface area contributed by atoms with Crippen molar-refractivity contribution in [2.24, 2.45) is 0 Å². The number of benzene rings is 2. The van der Waals surface area contributed by atoms with Gasteiger partial charge in [0.05, 0.1) is 0 Å². The van der Waals surface area contributed by atoms with E-state index in [1.807, 2.05) is 42.6 Å². The van der Waals surface area contributed by atoms with Crippen LogP contribution in [-0.2, 0) is 5.75 Å². The van der Waals surface area contributed by atoms with Gasteiger partial charge in [0.25, 0.3) is 0 Å². The minimum Gasteiger partial charge on any atom is -0.368 e. The molecule has 0 aliphatic rings. The van der Waals surface area contributed by atoms with Crippen LogP contribution in [0, 0.1) is 0 Å². The number of nitrogen functional groups attached to an aromatic ring is 1. The number of nitrogens with two attached hydrogens (primary N) is 1. The summed E-state index contributed by atoms with van der Waals surface area (Å²) in [6.45, 7) is 0. The largest absolute Gasteiger partial charge is 0.368 e. The van der Waals surface area contributed by atoms with E-state index in [1.54, 1.807) is 23.5 Å². The van der Waals surface area contributed by atoms with E-state index in [1.165, 1.54) is 4.90 Å². The van der Waals surface area contributed by atoms with Gasteiger partial charge in [0.1, 0.15) is 5.03 Å². The average Bonchev–Trinajstić information content (AvgIpc) is 2.56. The number of anilines is 1. The van der Waals surface area contributed by atoms with Crippen molar-refractivity contribution < 1.29 is 0 Å². The third-order valence-corrected chi connectivity index (χ3v) is 5.05. The smallest absolute Gasteiger partial charge is 0.221 e. The predicted molar refractivity (Wildman–Crippen MR) is 93.0 cm³/mol. The first-order valence-electron chi connectivity index (χ1n) is 6.83. The van der Waals surface area contributed by atoms with E-state index in [-0.39, 0.29) is 0 Å². The minimum absolute atomic E-state index is 0.312. The van der Waals surface area contributed by atoms with Crippen LogP contribution in [0.4, 0.5) is 5.95 Å². The monoisotopic (exact) mass is 325 g/mol. The summed E-state index contributed by atoms with van der Waals surface area (Å²) in [6, 6.07) is 20.5. The molecule has 0 aliphatic carbocycles. The van der Waals surface area contributed by atoms with Gasteiger partial charge in [-0.05, 0) is 24.3 Å². The van der Waals surface area contributed by atoms with Crippen LogP contribution < -0.4 is 5.73 Å². The Morgan fingerprint density at radius 2 is 1.50 bits per heavy atom. The molecule has 5 heteroatoms. The van der Waals surface area contributed by atoms with Gasteiger partial charge in [-0.15, -0.1) is 11.8 Å². The van der Waals surface area contributed by atoms with Gasteiger partial charge in [0, 0.05) is 27.3 Å². The summed E-state index contributed by atoms with van der Waals surface area (Å²) < 4.78 is 0. The van der Waals surface area contributed by atoms with E-state index >= 15 is 0 Å². The van der Waals surface area contributed by atoms with Crippen molar-refractivity contribution in [3.05, 3.63) is 72.4 Å². The standard InChI is InChI=1S/C17H15N3S2/c18-17-19-11-13(12-21-14-7-3-1-4-8-14)16(20-17)22-15-9-5-2-6-10-15/h1-11H,12H2,(H2,18,19,20). The second kappa shape index (κ2) is 7.33. The van der Waals surface area contributed by atoms with Crippen molar-refractivity contribution in [1.29, 1.82) is 0 Å². The first kappa shape index (κ1) is 14.9.